The molecule has 11 nitrogen and oxygen atoms in total. The molecular formula is C29H27BrN4O7. The Labute approximate surface area is 243 Å². The van der Waals surface area contributed by atoms with E-state index in [1.54, 1.807) is 43.3 Å². The smallest absolute Gasteiger partial charge is 0.315 e. The molecule has 1 atom stereocenters. The van der Waals surface area contributed by atoms with E-state index < -0.39 is 4.92 Å². The fourth-order valence-corrected chi connectivity index (χ4v) is 4.68. The number of ether oxygens (including phenoxy) is 4. The van der Waals surface area contributed by atoms with Gasteiger partial charge in [0, 0.05) is 22.0 Å². The second-order valence-corrected chi connectivity index (χ2v) is 10.3. The summed E-state index contributed by atoms with van der Waals surface area (Å²) < 4.78 is 24.4. The van der Waals surface area contributed by atoms with Crippen LogP contribution in [0.1, 0.15) is 50.1 Å². The summed E-state index contributed by atoms with van der Waals surface area (Å²) >= 11 is 3.40. The third-order valence-corrected chi connectivity index (χ3v) is 7.08. The van der Waals surface area contributed by atoms with E-state index in [-0.39, 0.29) is 48.7 Å². The van der Waals surface area contributed by atoms with E-state index in [1.165, 1.54) is 17.0 Å². The van der Waals surface area contributed by atoms with Gasteiger partial charge in [-0.3, -0.25) is 14.9 Å². The van der Waals surface area contributed by atoms with Gasteiger partial charge >= 0.3 is 5.69 Å². The Morgan fingerprint density at radius 3 is 2.71 bits per heavy atom. The molecule has 0 aliphatic carbocycles. The van der Waals surface area contributed by atoms with Crippen molar-refractivity contribution in [1.29, 1.82) is 0 Å². The van der Waals surface area contributed by atoms with E-state index >= 15 is 0 Å². The van der Waals surface area contributed by atoms with Crippen LogP contribution in [0.5, 0.6) is 23.0 Å². The summed E-state index contributed by atoms with van der Waals surface area (Å²) in [6.45, 7) is 6.15. The van der Waals surface area contributed by atoms with Gasteiger partial charge in [0.1, 0.15) is 12.4 Å². The minimum Gasteiger partial charge on any atom is -0.490 e. The molecular weight excluding hydrogens is 596 g/mol. The molecule has 1 aromatic heterocycles. The zero-order valence-corrected chi connectivity index (χ0v) is 24.2. The van der Waals surface area contributed by atoms with E-state index in [4.69, 9.17) is 23.9 Å². The summed E-state index contributed by atoms with van der Waals surface area (Å²) in [6, 6.07) is 13.5. The number of halogens is 1. The average molecular weight is 623 g/mol. The van der Waals surface area contributed by atoms with Crippen LogP contribution in [0.2, 0.25) is 0 Å². The molecule has 2 heterocycles. The molecule has 12 heteroatoms. The standard InChI is InChI=1S/C29H27BrN4O7/c1-4-17(3)28-32-22-8-7-20(30)13-21(22)29(35)33(28)31-14-19-10-23(34(36)37)27(26(12-19)38-5-2)39-15-18-6-9-24-25(11-18)41-16-40-24/h6-14,17H,4-5,15-16H2,1-3H3/t17-/m1/s1. The molecule has 0 saturated heterocycles. The van der Waals surface area contributed by atoms with Crippen molar-refractivity contribution < 1.29 is 23.9 Å². The van der Waals surface area contributed by atoms with Gasteiger partial charge in [-0.15, -0.1) is 0 Å². The van der Waals surface area contributed by atoms with Gasteiger partial charge in [0.25, 0.3) is 5.56 Å². The molecule has 0 radical (unpaired) electrons. The van der Waals surface area contributed by atoms with Crippen molar-refractivity contribution >= 4 is 38.7 Å². The van der Waals surface area contributed by atoms with E-state index in [0.29, 0.717) is 33.8 Å². The largest absolute Gasteiger partial charge is 0.490 e. The zero-order valence-electron chi connectivity index (χ0n) is 22.6. The maximum absolute atomic E-state index is 13.5. The minimum absolute atomic E-state index is 0.0126. The van der Waals surface area contributed by atoms with Crippen LogP contribution in [0.3, 0.4) is 0 Å². The van der Waals surface area contributed by atoms with Crippen LogP contribution in [0.15, 0.2) is 62.9 Å². The Kier molecular flexibility index (Phi) is 8.20. The van der Waals surface area contributed by atoms with Gasteiger partial charge in [-0.2, -0.15) is 9.78 Å². The monoisotopic (exact) mass is 622 g/mol. The van der Waals surface area contributed by atoms with Gasteiger partial charge in [0.15, 0.2) is 17.2 Å². The van der Waals surface area contributed by atoms with Gasteiger partial charge < -0.3 is 18.9 Å². The predicted molar refractivity (Wildman–Crippen MR) is 157 cm³/mol. The quantitative estimate of drug-likeness (QED) is 0.117. The molecule has 212 valence electrons. The second-order valence-electron chi connectivity index (χ2n) is 9.34. The van der Waals surface area contributed by atoms with E-state index in [0.717, 1.165) is 16.5 Å². The lowest BCUT2D eigenvalue weighted by Gasteiger charge is -2.15. The maximum atomic E-state index is 13.5. The van der Waals surface area contributed by atoms with Crippen molar-refractivity contribution in [2.24, 2.45) is 5.10 Å². The zero-order chi connectivity index (χ0) is 29.1. The van der Waals surface area contributed by atoms with Gasteiger partial charge in [-0.25, -0.2) is 4.98 Å². The van der Waals surface area contributed by atoms with Crippen molar-refractivity contribution in [3.8, 4) is 23.0 Å². The molecule has 3 aromatic carbocycles. The van der Waals surface area contributed by atoms with Crippen LogP contribution in [0, 0.1) is 10.1 Å². The number of fused-ring (bicyclic) bond motifs is 2. The first kappa shape index (κ1) is 28.1. The lowest BCUT2D eigenvalue weighted by atomic mass is 10.1. The number of nitro benzene ring substituents is 1. The molecule has 0 spiro atoms. The summed E-state index contributed by atoms with van der Waals surface area (Å²) in [6.07, 6.45) is 2.12. The summed E-state index contributed by atoms with van der Waals surface area (Å²) in [5.41, 5.74) is 1.02. The number of hydrogen-bond acceptors (Lipinski definition) is 9. The molecule has 0 unspecified atom stereocenters. The van der Waals surface area contributed by atoms with Gasteiger partial charge in [0.2, 0.25) is 12.5 Å². The predicted octanol–water partition coefficient (Wildman–Crippen LogP) is 6.17. The van der Waals surface area contributed by atoms with Crippen molar-refractivity contribution in [2.75, 3.05) is 13.4 Å². The van der Waals surface area contributed by atoms with Crippen LogP contribution in [0.4, 0.5) is 5.69 Å². The Hall–Kier alpha value is -4.45. The molecule has 0 fully saturated rings. The van der Waals surface area contributed by atoms with E-state index in [9.17, 15) is 14.9 Å². The Balaban J connectivity index is 1.53. The highest BCUT2D eigenvalue weighted by molar-refractivity contribution is 9.10. The number of nitrogens with zero attached hydrogens (tertiary/aromatic N) is 4. The van der Waals surface area contributed by atoms with Crippen LogP contribution in [-0.2, 0) is 6.61 Å². The van der Waals surface area contributed by atoms with Crippen molar-refractivity contribution in [3.05, 3.63) is 90.4 Å². The molecule has 0 amide bonds. The summed E-state index contributed by atoms with van der Waals surface area (Å²) in [7, 11) is 0. The van der Waals surface area contributed by atoms with Gasteiger partial charge in [-0.05, 0) is 55.3 Å². The highest BCUT2D eigenvalue weighted by Gasteiger charge is 2.24. The van der Waals surface area contributed by atoms with E-state index in [1.807, 2.05) is 19.9 Å². The topological polar surface area (TPSA) is 127 Å². The Bertz CT molecular complexity index is 1720. The molecule has 4 aromatic rings. The number of rotatable bonds is 10. The fourth-order valence-electron chi connectivity index (χ4n) is 4.32. The highest BCUT2D eigenvalue weighted by Crippen LogP contribution is 2.39. The molecule has 0 bridgehead atoms. The van der Waals surface area contributed by atoms with Crippen LogP contribution < -0.4 is 24.5 Å². The average Bonchev–Trinajstić information content (AvgIpc) is 3.44. The fraction of sp³-hybridized carbons (Fsp3) is 0.276. The molecule has 1 aliphatic rings. The lowest BCUT2D eigenvalue weighted by Crippen LogP contribution is -2.23. The first-order chi connectivity index (χ1) is 19.8. The first-order valence-electron chi connectivity index (χ1n) is 13.0. The van der Waals surface area contributed by atoms with Crippen molar-refractivity contribution in [3.63, 3.8) is 0 Å². The van der Waals surface area contributed by atoms with Crippen molar-refractivity contribution in [1.82, 2.24) is 9.66 Å². The Morgan fingerprint density at radius 1 is 1.15 bits per heavy atom. The maximum Gasteiger partial charge on any atom is 0.315 e. The summed E-state index contributed by atoms with van der Waals surface area (Å²) in [5.74, 6) is 1.81. The number of nitro groups is 1. The van der Waals surface area contributed by atoms with Crippen molar-refractivity contribution in [2.45, 2.75) is 39.7 Å². The van der Waals surface area contributed by atoms with Crippen LogP contribution >= 0.6 is 15.9 Å². The van der Waals surface area contributed by atoms with Crippen LogP contribution in [0.25, 0.3) is 10.9 Å². The number of benzene rings is 3. The van der Waals surface area contributed by atoms with Crippen LogP contribution in [-0.4, -0.2) is 34.2 Å². The lowest BCUT2D eigenvalue weighted by molar-refractivity contribution is -0.386. The normalized spacial score (nSPS) is 13.1. The van der Waals surface area contributed by atoms with Gasteiger partial charge in [0.05, 0.1) is 28.6 Å². The molecule has 1 aliphatic heterocycles. The molecule has 41 heavy (non-hydrogen) atoms. The van der Waals surface area contributed by atoms with E-state index in [2.05, 4.69) is 21.0 Å². The molecule has 5 rings (SSSR count). The van der Waals surface area contributed by atoms with Gasteiger partial charge in [-0.1, -0.05) is 35.8 Å². The molecule has 0 saturated carbocycles. The third-order valence-electron chi connectivity index (χ3n) is 6.58. The number of hydrogen-bond donors (Lipinski definition) is 0. The number of aromatic nitrogens is 2. The Morgan fingerprint density at radius 2 is 1.95 bits per heavy atom. The summed E-state index contributed by atoms with van der Waals surface area (Å²) in [5, 5.41) is 16.9. The third kappa shape index (κ3) is 5.87. The first-order valence-corrected chi connectivity index (χ1v) is 13.8. The SMILES string of the molecule is CCOc1cc(C=Nn2c([C@H](C)CC)nc3ccc(Br)cc3c2=O)cc([N+](=O)[O-])c1OCc1ccc2c(c1)OCO2. The minimum atomic E-state index is -0.541. The summed E-state index contributed by atoms with van der Waals surface area (Å²) in [4.78, 5) is 29.7. The highest BCUT2D eigenvalue weighted by atomic mass is 79.9. The molecule has 0 N–H and O–H groups in total. The second kappa shape index (κ2) is 12.0.